The number of hydrogen-bond donors (Lipinski definition) is 2. The first-order chi connectivity index (χ1) is 9.38. The van der Waals surface area contributed by atoms with Gasteiger partial charge < -0.3 is 10.4 Å². The Kier molecular flexibility index (Phi) is 4.31. The molecule has 3 unspecified atom stereocenters. The highest BCUT2D eigenvalue weighted by atomic mass is 16.4. The van der Waals surface area contributed by atoms with Crippen LogP contribution in [0.25, 0.3) is 0 Å². The number of hydrogen-bond acceptors (Lipinski definition) is 3. The van der Waals surface area contributed by atoms with Crippen molar-refractivity contribution in [2.75, 3.05) is 5.32 Å². The zero-order valence-corrected chi connectivity index (χ0v) is 12.7. The van der Waals surface area contributed by atoms with Crippen LogP contribution in [0.15, 0.2) is 6.07 Å². The molecule has 3 atom stereocenters. The van der Waals surface area contributed by atoms with Gasteiger partial charge in [0.05, 0.1) is 11.4 Å². The van der Waals surface area contributed by atoms with E-state index in [1.165, 1.54) is 12.8 Å². The first-order valence-electron chi connectivity index (χ1n) is 7.36. The predicted octanol–water partition coefficient (Wildman–Crippen LogP) is 3.63. The first-order valence-corrected chi connectivity index (χ1v) is 7.36. The first kappa shape index (κ1) is 14.8. The molecule has 0 saturated heterocycles. The highest BCUT2D eigenvalue weighted by Crippen LogP contribution is 2.32. The van der Waals surface area contributed by atoms with Gasteiger partial charge in [0.2, 0.25) is 0 Å². The number of carbonyl (C=O) groups is 1. The Morgan fingerprint density at radius 1 is 1.35 bits per heavy atom. The number of carboxylic acids is 1. The standard InChI is InChI=1S/C16H24N2O2/c1-9-5-6-13(10(2)7-9)18-14-8-11(3)17-12(4)15(14)16(19)20/h8-10,13H,5-7H2,1-4H3,(H,17,18)(H,19,20). The van der Waals surface area contributed by atoms with Gasteiger partial charge in [-0.3, -0.25) is 4.98 Å². The van der Waals surface area contributed by atoms with E-state index in [0.717, 1.165) is 18.0 Å². The van der Waals surface area contributed by atoms with Crippen LogP contribution < -0.4 is 5.32 Å². The molecule has 0 aliphatic heterocycles. The lowest BCUT2D eigenvalue weighted by atomic mass is 9.79. The van der Waals surface area contributed by atoms with Gasteiger partial charge >= 0.3 is 5.97 Å². The predicted molar refractivity (Wildman–Crippen MR) is 80.3 cm³/mol. The van der Waals surface area contributed by atoms with E-state index in [1.807, 2.05) is 13.0 Å². The van der Waals surface area contributed by atoms with E-state index in [-0.39, 0.29) is 0 Å². The number of pyridine rings is 1. The minimum atomic E-state index is -0.908. The fourth-order valence-corrected chi connectivity index (χ4v) is 3.29. The Morgan fingerprint density at radius 2 is 2.05 bits per heavy atom. The summed E-state index contributed by atoms with van der Waals surface area (Å²) < 4.78 is 0. The topological polar surface area (TPSA) is 62.2 Å². The third-order valence-electron chi connectivity index (χ3n) is 4.31. The summed E-state index contributed by atoms with van der Waals surface area (Å²) in [6.45, 7) is 8.19. The summed E-state index contributed by atoms with van der Waals surface area (Å²) in [5.41, 5.74) is 2.46. The number of carboxylic acid groups (broad SMARTS) is 1. The van der Waals surface area contributed by atoms with Crippen LogP contribution in [0.1, 0.15) is 54.9 Å². The van der Waals surface area contributed by atoms with Crippen molar-refractivity contribution in [1.29, 1.82) is 0 Å². The Bertz CT molecular complexity index is 513. The summed E-state index contributed by atoms with van der Waals surface area (Å²) in [4.78, 5) is 15.7. The summed E-state index contributed by atoms with van der Waals surface area (Å²) in [5, 5.41) is 12.9. The van der Waals surface area contributed by atoms with Gasteiger partial charge in [-0.05, 0) is 51.0 Å². The van der Waals surface area contributed by atoms with Gasteiger partial charge in [-0.15, -0.1) is 0 Å². The fourth-order valence-electron chi connectivity index (χ4n) is 3.29. The van der Waals surface area contributed by atoms with E-state index >= 15 is 0 Å². The van der Waals surface area contributed by atoms with Gasteiger partial charge in [0, 0.05) is 11.7 Å². The Balaban J connectivity index is 2.26. The molecule has 1 aromatic heterocycles. The second-order valence-electron chi connectivity index (χ2n) is 6.22. The zero-order chi connectivity index (χ0) is 14.9. The summed E-state index contributed by atoms with van der Waals surface area (Å²) in [6, 6.07) is 2.20. The summed E-state index contributed by atoms with van der Waals surface area (Å²) in [5.74, 6) is 0.423. The SMILES string of the molecule is Cc1cc(NC2CCC(C)CC2C)c(C(=O)O)c(C)n1. The third kappa shape index (κ3) is 3.11. The van der Waals surface area contributed by atoms with Gasteiger partial charge in [0.25, 0.3) is 0 Å². The van der Waals surface area contributed by atoms with Gasteiger partial charge in [0.1, 0.15) is 5.56 Å². The molecule has 0 radical (unpaired) electrons. The minimum Gasteiger partial charge on any atom is -0.478 e. The van der Waals surface area contributed by atoms with Crippen LogP contribution in [0.3, 0.4) is 0 Å². The Hall–Kier alpha value is -1.58. The molecule has 4 heteroatoms. The molecule has 2 N–H and O–H groups in total. The van der Waals surface area contributed by atoms with E-state index in [2.05, 4.69) is 24.1 Å². The lowest BCUT2D eigenvalue weighted by Gasteiger charge is -2.34. The van der Waals surface area contributed by atoms with Crippen LogP contribution in [0.2, 0.25) is 0 Å². The van der Waals surface area contributed by atoms with Gasteiger partial charge in [0.15, 0.2) is 0 Å². The maximum atomic E-state index is 11.4. The molecule has 0 amide bonds. The van der Waals surface area contributed by atoms with Gasteiger partial charge in [-0.1, -0.05) is 13.8 Å². The molecule has 1 heterocycles. The van der Waals surface area contributed by atoms with Crippen LogP contribution in [-0.4, -0.2) is 22.1 Å². The quantitative estimate of drug-likeness (QED) is 0.885. The Morgan fingerprint density at radius 3 is 2.65 bits per heavy atom. The number of rotatable bonds is 3. The molecule has 1 aliphatic carbocycles. The van der Waals surface area contributed by atoms with Crippen LogP contribution in [0.5, 0.6) is 0 Å². The number of aryl methyl sites for hydroxylation is 2. The van der Waals surface area contributed by atoms with Crippen LogP contribution in [0.4, 0.5) is 5.69 Å². The normalized spacial score (nSPS) is 26.3. The molecule has 0 spiro atoms. The van der Waals surface area contributed by atoms with Crippen molar-refractivity contribution in [2.45, 2.75) is 53.0 Å². The smallest absolute Gasteiger partial charge is 0.339 e. The molecule has 110 valence electrons. The van der Waals surface area contributed by atoms with E-state index in [0.29, 0.717) is 28.9 Å². The molecule has 1 fully saturated rings. The number of anilines is 1. The van der Waals surface area contributed by atoms with E-state index in [1.54, 1.807) is 6.92 Å². The fraction of sp³-hybridized carbons (Fsp3) is 0.625. The zero-order valence-electron chi connectivity index (χ0n) is 12.7. The minimum absolute atomic E-state index is 0.307. The van der Waals surface area contributed by atoms with E-state index in [9.17, 15) is 9.90 Å². The second-order valence-corrected chi connectivity index (χ2v) is 6.22. The number of nitrogens with one attached hydrogen (secondary N) is 1. The van der Waals surface area contributed by atoms with Crippen molar-refractivity contribution in [2.24, 2.45) is 11.8 Å². The largest absolute Gasteiger partial charge is 0.478 e. The maximum Gasteiger partial charge on any atom is 0.339 e. The molecule has 0 aromatic carbocycles. The highest BCUT2D eigenvalue weighted by Gasteiger charge is 2.27. The molecule has 0 bridgehead atoms. The monoisotopic (exact) mass is 276 g/mol. The molecule has 1 aromatic rings. The average molecular weight is 276 g/mol. The summed E-state index contributed by atoms with van der Waals surface area (Å²) in [7, 11) is 0. The Labute approximate surface area is 120 Å². The van der Waals surface area contributed by atoms with E-state index in [4.69, 9.17) is 0 Å². The molecule has 2 rings (SSSR count). The highest BCUT2D eigenvalue weighted by molar-refractivity contribution is 5.95. The lowest BCUT2D eigenvalue weighted by Crippen LogP contribution is -2.33. The van der Waals surface area contributed by atoms with Crippen molar-refractivity contribution >= 4 is 11.7 Å². The molecule has 20 heavy (non-hydrogen) atoms. The number of nitrogens with zero attached hydrogens (tertiary/aromatic N) is 1. The second kappa shape index (κ2) is 5.81. The van der Waals surface area contributed by atoms with Crippen molar-refractivity contribution in [3.8, 4) is 0 Å². The number of aromatic carboxylic acids is 1. The third-order valence-corrected chi connectivity index (χ3v) is 4.31. The molecule has 1 aliphatic rings. The van der Waals surface area contributed by atoms with Crippen LogP contribution >= 0.6 is 0 Å². The average Bonchev–Trinajstić information content (AvgIpc) is 2.31. The maximum absolute atomic E-state index is 11.4. The van der Waals surface area contributed by atoms with Gasteiger partial charge in [-0.25, -0.2) is 4.79 Å². The summed E-state index contributed by atoms with van der Waals surface area (Å²) in [6.07, 6.45) is 3.50. The molecule has 4 nitrogen and oxygen atoms in total. The summed E-state index contributed by atoms with van der Waals surface area (Å²) >= 11 is 0. The van der Waals surface area contributed by atoms with Crippen molar-refractivity contribution < 1.29 is 9.90 Å². The molecular formula is C16H24N2O2. The van der Waals surface area contributed by atoms with Crippen molar-refractivity contribution in [3.05, 3.63) is 23.0 Å². The van der Waals surface area contributed by atoms with Crippen LogP contribution in [0, 0.1) is 25.7 Å². The van der Waals surface area contributed by atoms with Crippen molar-refractivity contribution in [1.82, 2.24) is 4.98 Å². The number of aromatic nitrogens is 1. The molecule has 1 saturated carbocycles. The van der Waals surface area contributed by atoms with Gasteiger partial charge in [-0.2, -0.15) is 0 Å². The molecular weight excluding hydrogens is 252 g/mol. The van der Waals surface area contributed by atoms with Crippen LogP contribution in [-0.2, 0) is 0 Å². The van der Waals surface area contributed by atoms with E-state index < -0.39 is 5.97 Å². The lowest BCUT2D eigenvalue weighted by molar-refractivity contribution is 0.0696. The van der Waals surface area contributed by atoms with Crippen molar-refractivity contribution in [3.63, 3.8) is 0 Å².